The Hall–Kier alpha value is -2.77. The maximum absolute atomic E-state index is 12.9. The van der Waals surface area contributed by atoms with Gasteiger partial charge in [-0.15, -0.1) is 0 Å². The van der Waals surface area contributed by atoms with E-state index in [4.69, 9.17) is 9.84 Å². The number of likely N-dealkylation sites (N-methyl/N-ethyl adjacent to an activating group) is 1. The van der Waals surface area contributed by atoms with E-state index in [1.54, 1.807) is 6.07 Å². The molecule has 6 nitrogen and oxygen atoms in total. The Morgan fingerprint density at radius 3 is 2.12 bits per heavy atom. The number of carbonyl (C=O) groups excluding carboxylic acids is 2. The van der Waals surface area contributed by atoms with Crippen molar-refractivity contribution in [2.75, 3.05) is 27.2 Å². The van der Waals surface area contributed by atoms with Crippen LogP contribution in [-0.4, -0.2) is 44.3 Å². The molecule has 0 spiro atoms. The summed E-state index contributed by atoms with van der Waals surface area (Å²) in [6.07, 6.45) is 0. The zero-order chi connectivity index (χ0) is 19.7. The SMILES string of the molecule is CC(=O)Oc1ccc(-c2ccc(F)cc2)cc1C(=O)[O-].C[NH+](C)CCO. The van der Waals surface area contributed by atoms with Crippen molar-refractivity contribution in [3.05, 3.63) is 53.8 Å². The van der Waals surface area contributed by atoms with Gasteiger partial charge >= 0.3 is 5.97 Å². The summed E-state index contributed by atoms with van der Waals surface area (Å²) in [5, 5.41) is 19.3. The van der Waals surface area contributed by atoms with E-state index in [0.717, 1.165) is 6.54 Å². The van der Waals surface area contributed by atoms with Crippen LogP contribution in [0.4, 0.5) is 4.39 Å². The van der Waals surface area contributed by atoms with Crippen LogP contribution in [0.25, 0.3) is 11.1 Å². The standard InChI is InChI=1S/C15H11FO4.C4H11NO/c1-9(17)20-14-7-4-11(8-13(14)15(18)19)10-2-5-12(16)6-3-10;1-5(2)3-4-6/h2-8H,1H3,(H,18,19);6H,3-4H2,1-2H3. The van der Waals surface area contributed by atoms with E-state index in [0.29, 0.717) is 17.7 Å². The third-order valence-electron chi connectivity index (χ3n) is 3.24. The van der Waals surface area contributed by atoms with Crippen LogP contribution in [0, 0.1) is 5.82 Å². The van der Waals surface area contributed by atoms with Crippen LogP contribution >= 0.6 is 0 Å². The van der Waals surface area contributed by atoms with Crippen LogP contribution in [0.15, 0.2) is 42.5 Å². The number of rotatable bonds is 5. The molecular formula is C19H22FNO5. The molecule has 0 aliphatic rings. The summed E-state index contributed by atoms with van der Waals surface area (Å²) in [5.41, 5.74) is 0.963. The molecule has 7 heteroatoms. The van der Waals surface area contributed by atoms with Crippen LogP contribution in [-0.2, 0) is 4.79 Å². The molecule has 2 aromatic carbocycles. The number of aliphatic hydroxyl groups is 1. The maximum Gasteiger partial charge on any atom is 0.308 e. The summed E-state index contributed by atoms with van der Waals surface area (Å²) >= 11 is 0. The summed E-state index contributed by atoms with van der Waals surface area (Å²) in [6.45, 7) is 2.31. The van der Waals surface area contributed by atoms with Gasteiger partial charge < -0.3 is 24.6 Å². The molecule has 0 saturated carbocycles. The Morgan fingerprint density at radius 2 is 1.69 bits per heavy atom. The Balaban J connectivity index is 0.000000487. The van der Waals surface area contributed by atoms with Crippen molar-refractivity contribution in [2.24, 2.45) is 0 Å². The summed E-state index contributed by atoms with van der Waals surface area (Å²) in [5.74, 6) is -2.54. The maximum atomic E-state index is 12.9. The molecule has 0 aliphatic carbocycles. The first-order valence-electron chi connectivity index (χ1n) is 7.94. The molecule has 0 saturated heterocycles. The fraction of sp³-hybridized carbons (Fsp3) is 0.263. The molecule has 0 heterocycles. The number of carbonyl (C=O) groups is 2. The lowest BCUT2D eigenvalue weighted by molar-refractivity contribution is -0.858. The van der Waals surface area contributed by atoms with Gasteiger partial charge in [0.1, 0.15) is 18.1 Å². The monoisotopic (exact) mass is 363 g/mol. The molecule has 0 amide bonds. The van der Waals surface area contributed by atoms with E-state index >= 15 is 0 Å². The number of quaternary nitrogens is 1. The number of carboxylic acids is 1. The molecule has 2 aromatic rings. The fourth-order valence-electron chi connectivity index (χ4n) is 1.98. The molecule has 0 fully saturated rings. The van der Waals surface area contributed by atoms with Crippen molar-refractivity contribution in [3.63, 3.8) is 0 Å². The number of carboxylic acid groups (broad SMARTS) is 1. The van der Waals surface area contributed by atoms with Crippen molar-refractivity contribution in [2.45, 2.75) is 6.92 Å². The first kappa shape index (κ1) is 21.3. The van der Waals surface area contributed by atoms with Crippen molar-refractivity contribution >= 4 is 11.9 Å². The van der Waals surface area contributed by atoms with E-state index in [2.05, 4.69) is 0 Å². The lowest BCUT2D eigenvalue weighted by Gasteiger charge is -2.12. The average molecular weight is 363 g/mol. The molecule has 0 radical (unpaired) electrons. The first-order valence-corrected chi connectivity index (χ1v) is 7.94. The Kier molecular flexibility index (Phi) is 8.41. The summed E-state index contributed by atoms with van der Waals surface area (Å²) < 4.78 is 17.7. The summed E-state index contributed by atoms with van der Waals surface area (Å²) in [4.78, 5) is 23.3. The van der Waals surface area contributed by atoms with E-state index in [1.165, 1.54) is 48.2 Å². The second-order valence-corrected chi connectivity index (χ2v) is 5.78. The number of ether oxygens (including phenoxy) is 1. The lowest BCUT2D eigenvalue weighted by Crippen LogP contribution is -3.06. The van der Waals surface area contributed by atoms with Crippen molar-refractivity contribution in [3.8, 4) is 16.9 Å². The number of hydrogen-bond donors (Lipinski definition) is 2. The molecule has 26 heavy (non-hydrogen) atoms. The van der Waals surface area contributed by atoms with Crippen LogP contribution in [0.5, 0.6) is 5.75 Å². The highest BCUT2D eigenvalue weighted by molar-refractivity contribution is 5.92. The number of aliphatic hydroxyl groups excluding tert-OH is 1. The van der Waals surface area contributed by atoms with Gasteiger partial charge in [-0.2, -0.15) is 0 Å². The average Bonchev–Trinajstić information content (AvgIpc) is 2.56. The van der Waals surface area contributed by atoms with Gasteiger partial charge in [-0.05, 0) is 35.4 Å². The van der Waals surface area contributed by atoms with Gasteiger partial charge in [0.25, 0.3) is 0 Å². The van der Waals surface area contributed by atoms with Crippen LogP contribution in [0.2, 0.25) is 0 Å². The number of hydrogen-bond acceptors (Lipinski definition) is 5. The number of nitrogens with one attached hydrogen (secondary N) is 1. The second-order valence-electron chi connectivity index (χ2n) is 5.78. The van der Waals surface area contributed by atoms with Gasteiger partial charge in [-0.3, -0.25) is 4.79 Å². The van der Waals surface area contributed by atoms with Gasteiger partial charge in [0.2, 0.25) is 0 Å². The molecule has 0 aromatic heterocycles. The first-order chi connectivity index (χ1) is 12.2. The molecule has 140 valence electrons. The Bertz CT molecular complexity index is 744. The normalized spacial score (nSPS) is 10.1. The van der Waals surface area contributed by atoms with E-state index in [1.807, 2.05) is 14.1 Å². The largest absolute Gasteiger partial charge is 0.545 e. The van der Waals surface area contributed by atoms with Crippen molar-refractivity contribution in [1.82, 2.24) is 0 Å². The van der Waals surface area contributed by atoms with Crippen LogP contribution in [0.1, 0.15) is 17.3 Å². The third kappa shape index (κ3) is 7.00. The quantitative estimate of drug-likeness (QED) is 0.572. The van der Waals surface area contributed by atoms with Gasteiger partial charge in [0.05, 0.1) is 26.7 Å². The number of aromatic carboxylic acids is 1. The number of benzene rings is 2. The Labute approximate surface area is 151 Å². The van der Waals surface area contributed by atoms with Crippen LogP contribution < -0.4 is 14.7 Å². The number of esters is 1. The van der Waals surface area contributed by atoms with E-state index < -0.39 is 11.9 Å². The molecule has 0 unspecified atom stereocenters. The molecule has 0 aliphatic heterocycles. The molecule has 2 rings (SSSR count). The summed E-state index contributed by atoms with van der Waals surface area (Å²) in [6, 6.07) is 9.86. The topological polar surface area (TPSA) is 91.1 Å². The predicted octanol–water partition coefficient (Wildman–Crippen LogP) is -0.0953. The molecule has 2 N–H and O–H groups in total. The van der Waals surface area contributed by atoms with E-state index in [-0.39, 0.29) is 17.1 Å². The predicted molar refractivity (Wildman–Crippen MR) is 92.2 cm³/mol. The molecule has 0 atom stereocenters. The highest BCUT2D eigenvalue weighted by Crippen LogP contribution is 2.26. The Morgan fingerprint density at radius 1 is 1.12 bits per heavy atom. The molecule has 0 bridgehead atoms. The zero-order valence-electron chi connectivity index (χ0n) is 14.9. The lowest BCUT2D eigenvalue weighted by atomic mass is 10.0. The zero-order valence-corrected chi connectivity index (χ0v) is 14.9. The highest BCUT2D eigenvalue weighted by Gasteiger charge is 2.09. The van der Waals surface area contributed by atoms with Gasteiger partial charge in [0, 0.05) is 12.5 Å². The molecular weight excluding hydrogens is 341 g/mol. The summed E-state index contributed by atoms with van der Waals surface area (Å²) in [7, 11) is 4.02. The minimum Gasteiger partial charge on any atom is -0.545 e. The van der Waals surface area contributed by atoms with Gasteiger partial charge in [0.15, 0.2) is 0 Å². The fourth-order valence-corrected chi connectivity index (χ4v) is 1.98. The van der Waals surface area contributed by atoms with Crippen molar-refractivity contribution in [1.29, 1.82) is 0 Å². The number of halogens is 1. The van der Waals surface area contributed by atoms with E-state index in [9.17, 15) is 19.1 Å². The highest BCUT2D eigenvalue weighted by atomic mass is 19.1. The third-order valence-corrected chi connectivity index (χ3v) is 3.24. The smallest absolute Gasteiger partial charge is 0.308 e. The van der Waals surface area contributed by atoms with Gasteiger partial charge in [-0.1, -0.05) is 18.2 Å². The second kappa shape index (κ2) is 10.3. The minimum atomic E-state index is -1.45. The van der Waals surface area contributed by atoms with Crippen molar-refractivity contribution < 1.29 is 33.8 Å². The minimum absolute atomic E-state index is 0.0802. The van der Waals surface area contributed by atoms with Gasteiger partial charge in [-0.25, -0.2) is 4.39 Å². The van der Waals surface area contributed by atoms with Crippen LogP contribution in [0.3, 0.4) is 0 Å².